The molecular weight excluding hydrogens is 440 g/mol. The number of nitrogens with one attached hydrogen (secondary N) is 2. The molecule has 0 aromatic heterocycles. The Labute approximate surface area is 200 Å². The smallest absolute Gasteiger partial charge is 0.255 e. The molecule has 2 rings (SSSR count). The predicted molar refractivity (Wildman–Crippen MR) is 133 cm³/mol. The maximum atomic E-state index is 12.9. The van der Waals surface area contributed by atoms with E-state index < -0.39 is 6.04 Å². The summed E-state index contributed by atoms with van der Waals surface area (Å²) in [6, 6.07) is 12.1. The average molecular weight is 475 g/mol. The second kappa shape index (κ2) is 14.3. The molecule has 2 amide bonds. The van der Waals surface area contributed by atoms with E-state index >= 15 is 0 Å². The van der Waals surface area contributed by atoms with Crippen molar-refractivity contribution in [3.05, 3.63) is 53.6 Å². The van der Waals surface area contributed by atoms with Gasteiger partial charge in [0.2, 0.25) is 5.91 Å². The minimum atomic E-state index is -0.630. The van der Waals surface area contributed by atoms with E-state index in [4.69, 9.17) is 14.2 Å². The fraction of sp³-hybridized carbons (Fsp3) is 0.440. The van der Waals surface area contributed by atoms with Gasteiger partial charge in [0.05, 0.1) is 25.9 Å². The normalized spacial score (nSPS) is 11.4. The fourth-order valence-electron chi connectivity index (χ4n) is 3.28. The van der Waals surface area contributed by atoms with Crippen molar-refractivity contribution in [2.45, 2.75) is 32.7 Å². The van der Waals surface area contributed by atoms with Gasteiger partial charge < -0.3 is 24.8 Å². The topological polar surface area (TPSA) is 85.9 Å². The van der Waals surface area contributed by atoms with Crippen molar-refractivity contribution in [2.24, 2.45) is 0 Å². The summed E-state index contributed by atoms with van der Waals surface area (Å²) in [5.41, 5.74) is 1.43. The first-order chi connectivity index (χ1) is 16.0. The zero-order chi connectivity index (χ0) is 24.1. The quantitative estimate of drug-likeness (QED) is 0.434. The van der Waals surface area contributed by atoms with E-state index in [1.807, 2.05) is 38.3 Å². The fourth-order valence-corrected chi connectivity index (χ4v) is 3.75. The molecule has 0 spiro atoms. The van der Waals surface area contributed by atoms with Gasteiger partial charge in [-0.25, -0.2) is 0 Å². The van der Waals surface area contributed by atoms with Crippen LogP contribution in [-0.4, -0.2) is 56.7 Å². The Morgan fingerprint density at radius 1 is 1.00 bits per heavy atom. The van der Waals surface area contributed by atoms with Gasteiger partial charge in [0.25, 0.3) is 5.91 Å². The number of hydrogen-bond acceptors (Lipinski definition) is 6. The maximum Gasteiger partial charge on any atom is 0.255 e. The molecule has 2 aromatic carbocycles. The molecule has 8 heteroatoms. The molecule has 0 aliphatic carbocycles. The number of rotatable bonds is 14. The van der Waals surface area contributed by atoms with E-state index in [9.17, 15) is 9.59 Å². The van der Waals surface area contributed by atoms with Crippen molar-refractivity contribution in [3.8, 4) is 17.2 Å². The molecule has 1 atom stereocenters. The van der Waals surface area contributed by atoms with E-state index in [1.165, 1.54) is 7.11 Å². The summed E-state index contributed by atoms with van der Waals surface area (Å²) >= 11 is 1.63. The van der Waals surface area contributed by atoms with Crippen LogP contribution < -0.4 is 24.8 Å². The highest BCUT2D eigenvalue weighted by Crippen LogP contribution is 2.28. The number of ether oxygens (including phenoxy) is 3. The Hall–Kier alpha value is -2.87. The minimum Gasteiger partial charge on any atom is -0.496 e. The summed E-state index contributed by atoms with van der Waals surface area (Å²) in [7, 11) is 1.52. The molecule has 0 radical (unpaired) electrons. The third kappa shape index (κ3) is 8.20. The van der Waals surface area contributed by atoms with E-state index in [0.29, 0.717) is 55.4 Å². The van der Waals surface area contributed by atoms with Gasteiger partial charge in [0.1, 0.15) is 11.8 Å². The summed E-state index contributed by atoms with van der Waals surface area (Å²) < 4.78 is 16.5. The average Bonchev–Trinajstić information content (AvgIpc) is 2.83. The lowest BCUT2D eigenvalue weighted by molar-refractivity contribution is -0.122. The Kier molecular flexibility index (Phi) is 11.4. The Morgan fingerprint density at radius 3 is 2.42 bits per heavy atom. The van der Waals surface area contributed by atoms with Crippen LogP contribution in [0.2, 0.25) is 0 Å². The molecular formula is C25H34N2O5S. The van der Waals surface area contributed by atoms with Crippen LogP contribution in [0.5, 0.6) is 17.2 Å². The highest BCUT2D eigenvalue weighted by atomic mass is 32.2. The van der Waals surface area contributed by atoms with Gasteiger partial charge in [-0.1, -0.05) is 18.2 Å². The van der Waals surface area contributed by atoms with E-state index in [2.05, 4.69) is 10.6 Å². The molecule has 0 aliphatic heterocycles. The number of para-hydroxylation sites is 1. The van der Waals surface area contributed by atoms with E-state index in [1.54, 1.807) is 36.0 Å². The highest BCUT2D eigenvalue weighted by Gasteiger charge is 2.22. The lowest BCUT2D eigenvalue weighted by atomic mass is 10.1. The lowest BCUT2D eigenvalue weighted by Gasteiger charge is -2.19. The van der Waals surface area contributed by atoms with Crippen LogP contribution in [0.1, 0.15) is 36.2 Å². The van der Waals surface area contributed by atoms with Crippen LogP contribution in [0.15, 0.2) is 42.5 Å². The SMILES string of the molecule is CCOc1ccc(CCNC(=O)C(CCSC)NC(=O)c2ccccc2OC)cc1OCC. The molecule has 0 saturated heterocycles. The first-order valence-electron chi connectivity index (χ1n) is 11.1. The molecule has 0 bridgehead atoms. The molecule has 1 unspecified atom stereocenters. The third-order valence-corrected chi connectivity index (χ3v) is 5.55. The monoisotopic (exact) mass is 474 g/mol. The molecule has 7 nitrogen and oxygen atoms in total. The van der Waals surface area contributed by atoms with Gasteiger partial charge in [-0.05, 0) is 68.5 Å². The van der Waals surface area contributed by atoms with Crippen molar-refractivity contribution in [1.29, 1.82) is 0 Å². The molecule has 0 saturated carbocycles. The number of carbonyl (C=O) groups is 2. The molecule has 180 valence electrons. The first kappa shape index (κ1) is 26.4. The summed E-state index contributed by atoms with van der Waals surface area (Å²) in [6.07, 6.45) is 3.14. The molecule has 0 heterocycles. The predicted octanol–water partition coefficient (Wildman–Crippen LogP) is 3.70. The minimum absolute atomic E-state index is 0.205. The number of benzene rings is 2. The molecule has 2 N–H and O–H groups in total. The maximum absolute atomic E-state index is 12.9. The van der Waals surface area contributed by atoms with Crippen LogP contribution in [0.4, 0.5) is 0 Å². The van der Waals surface area contributed by atoms with Crippen molar-refractivity contribution in [1.82, 2.24) is 10.6 Å². The van der Waals surface area contributed by atoms with Crippen molar-refractivity contribution in [2.75, 3.05) is 38.9 Å². The van der Waals surface area contributed by atoms with Crippen LogP contribution in [0.3, 0.4) is 0 Å². The van der Waals surface area contributed by atoms with Crippen LogP contribution >= 0.6 is 11.8 Å². The van der Waals surface area contributed by atoms with Crippen molar-refractivity contribution in [3.63, 3.8) is 0 Å². The highest BCUT2D eigenvalue weighted by molar-refractivity contribution is 7.98. The summed E-state index contributed by atoms with van der Waals surface area (Å²) in [5, 5.41) is 5.81. The third-order valence-electron chi connectivity index (χ3n) is 4.90. The lowest BCUT2D eigenvalue weighted by Crippen LogP contribution is -2.47. The standard InChI is InChI=1S/C25H34N2O5S/c1-5-31-22-12-11-18(17-23(22)32-6-2)13-15-26-25(29)20(14-16-33-4)27-24(28)19-9-7-8-10-21(19)30-3/h7-12,17,20H,5-6,13-16H2,1-4H3,(H,26,29)(H,27,28). The Morgan fingerprint density at radius 2 is 1.73 bits per heavy atom. The van der Waals surface area contributed by atoms with Gasteiger partial charge >= 0.3 is 0 Å². The molecule has 2 aromatic rings. The first-order valence-corrected chi connectivity index (χ1v) is 12.5. The molecule has 33 heavy (non-hydrogen) atoms. The summed E-state index contributed by atoms with van der Waals surface area (Å²) in [4.78, 5) is 25.6. The zero-order valence-electron chi connectivity index (χ0n) is 19.8. The van der Waals surface area contributed by atoms with Crippen molar-refractivity contribution >= 4 is 23.6 Å². The van der Waals surface area contributed by atoms with Crippen LogP contribution in [0, 0.1) is 0 Å². The van der Waals surface area contributed by atoms with Gasteiger partial charge in [0, 0.05) is 6.54 Å². The molecule has 0 aliphatic rings. The van der Waals surface area contributed by atoms with Crippen LogP contribution in [-0.2, 0) is 11.2 Å². The number of methoxy groups -OCH3 is 1. The van der Waals surface area contributed by atoms with Crippen molar-refractivity contribution < 1.29 is 23.8 Å². The Bertz CT molecular complexity index is 906. The zero-order valence-corrected chi connectivity index (χ0v) is 20.6. The van der Waals surface area contributed by atoms with Gasteiger partial charge in [-0.3, -0.25) is 9.59 Å². The second-order valence-corrected chi connectivity index (χ2v) is 8.18. The van der Waals surface area contributed by atoms with E-state index in [-0.39, 0.29) is 11.8 Å². The van der Waals surface area contributed by atoms with Gasteiger partial charge in [-0.2, -0.15) is 11.8 Å². The number of amides is 2. The summed E-state index contributed by atoms with van der Waals surface area (Å²) in [5.74, 6) is 2.10. The van der Waals surface area contributed by atoms with E-state index in [0.717, 1.165) is 11.3 Å². The van der Waals surface area contributed by atoms with Gasteiger partial charge in [-0.15, -0.1) is 0 Å². The summed E-state index contributed by atoms with van der Waals surface area (Å²) in [6.45, 7) is 5.41. The number of carbonyl (C=O) groups excluding carboxylic acids is 2. The molecule has 0 fully saturated rings. The van der Waals surface area contributed by atoms with Crippen LogP contribution in [0.25, 0.3) is 0 Å². The Balaban J connectivity index is 1.99. The number of hydrogen-bond donors (Lipinski definition) is 2. The largest absolute Gasteiger partial charge is 0.496 e. The number of thioether (sulfide) groups is 1. The van der Waals surface area contributed by atoms with Gasteiger partial charge in [0.15, 0.2) is 11.5 Å². The second-order valence-electron chi connectivity index (χ2n) is 7.20.